The monoisotopic (exact) mass is 316 g/mol. The number of amides is 1. The van der Waals surface area contributed by atoms with E-state index < -0.39 is 0 Å². The zero-order valence-corrected chi connectivity index (χ0v) is 13.2. The molecule has 122 valence electrons. The number of aromatic nitrogens is 3. The Balaban J connectivity index is 1.78. The molecule has 2 atom stereocenters. The zero-order valence-electron chi connectivity index (χ0n) is 13.2. The van der Waals surface area contributed by atoms with Crippen LogP contribution in [0.3, 0.4) is 0 Å². The summed E-state index contributed by atoms with van der Waals surface area (Å²) in [6.45, 7) is 2.41. The third-order valence-electron chi connectivity index (χ3n) is 3.93. The number of carbonyl (C=O) groups is 1. The van der Waals surface area contributed by atoms with Crippen molar-refractivity contribution in [2.75, 3.05) is 6.61 Å². The van der Waals surface area contributed by atoms with Gasteiger partial charge in [-0.15, -0.1) is 0 Å². The number of carbonyl (C=O) groups excluding carboxylic acids is 1. The summed E-state index contributed by atoms with van der Waals surface area (Å²) < 4.78 is 7.55. The van der Waals surface area contributed by atoms with Gasteiger partial charge in [0.15, 0.2) is 0 Å². The first kappa shape index (κ1) is 15.5. The van der Waals surface area contributed by atoms with Gasteiger partial charge in [0, 0.05) is 42.7 Å². The molecule has 0 aromatic carbocycles. The summed E-state index contributed by atoms with van der Waals surface area (Å²) in [5.41, 5.74) is 1.69. The Morgan fingerprint density at radius 2 is 2.30 bits per heavy atom. The fourth-order valence-electron chi connectivity index (χ4n) is 2.91. The molecule has 0 radical (unpaired) electrons. The number of ether oxygens (including phenoxy) is 1. The lowest BCUT2D eigenvalue weighted by atomic mass is 9.97. The Hall–Kier alpha value is -2.41. The van der Waals surface area contributed by atoms with E-state index in [0.717, 1.165) is 18.4 Å². The van der Waals surface area contributed by atoms with E-state index >= 15 is 0 Å². The third-order valence-corrected chi connectivity index (χ3v) is 3.93. The maximum atomic E-state index is 12.5. The predicted octanol–water partition coefficient (Wildman–Crippen LogP) is 1.07. The highest BCUT2D eigenvalue weighted by Crippen LogP contribution is 2.28. The number of pyridine rings is 1. The lowest BCUT2D eigenvalue weighted by Crippen LogP contribution is -2.43. The minimum Gasteiger partial charge on any atom is -0.371 e. The molecule has 2 aromatic heterocycles. The first-order chi connectivity index (χ1) is 11.0. The highest BCUT2D eigenvalue weighted by Gasteiger charge is 2.30. The first-order valence-corrected chi connectivity index (χ1v) is 7.65. The van der Waals surface area contributed by atoms with Crippen LogP contribution in [0.5, 0.6) is 0 Å². The highest BCUT2D eigenvalue weighted by molar-refractivity contribution is 5.94. The van der Waals surface area contributed by atoms with Crippen molar-refractivity contribution in [2.45, 2.75) is 31.9 Å². The van der Waals surface area contributed by atoms with Crippen LogP contribution < -0.4 is 10.9 Å². The summed E-state index contributed by atoms with van der Waals surface area (Å²) in [7, 11) is 1.85. The maximum Gasteiger partial charge on any atom is 0.251 e. The van der Waals surface area contributed by atoms with Crippen LogP contribution in [0.2, 0.25) is 0 Å². The Bertz CT molecular complexity index is 765. The van der Waals surface area contributed by atoms with Crippen LogP contribution in [0.4, 0.5) is 0 Å². The van der Waals surface area contributed by atoms with Crippen molar-refractivity contribution in [3.05, 3.63) is 51.7 Å². The number of nitrogens with zero attached hydrogens (tertiary/aromatic N) is 2. The van der Waals surface area contributed by atoms with Crippen LogP contribution in [0, 0.1) is 6.92 Å². The molecule has 23 heavy (non-hydrogen) atoms. The fraction of sp³-hybridized carbons (Fsp3) is 0.438. The van der Waals surface area contributed by atoms with Gasteiger partial charge in [-0.25, -0.2) is 0 Å². The third kappa shape index (κ3) is 3.50. The predicted molar refractivity (Wildman–Crippen MR) is 84.2 cm³/mol. The summed E-state index contributed by atoms with van der Waals surface area (Å²) in [6, 6.07) is 2.84. The van der Waals surface area contributed by atoms with Crippen LogP contribution in [0.15, 0.2) is 29.3 Å². The summed E-state index contributed by atoms with van der Waals surface area (Å²) in [4.78, 5) is 26.6. The van der Waals surface area contributed by atoms with Crippen molar-refractivity contribution in [3.63, 3.8) is 0 Å². The van der Waals surface area contributed by atoms with Gasteiger partial charge < -0.3 is 15.0 Å². The molecule has 3 rings (SSSR count). The molecular weight excluding hydrogens is 296 g/mol. The SMILES string of the molecule is Cc1cc(C(=O)N[C@H]2CCCO[C@@H]2c2cnn(C)c2)cc(=O)[nH]1. The molecule has 0 unspecified atom stereocenters. The normalized spacial score (nSPS) is 21.1. The van der Waals surface area contributed by atoms with Gasteiger partial charge >= 0.3 is 0 Å². The van der Waals surface area contributed by atoms with Gasteiger partial charge in [0.2, 0.25) is 5.56 Å². The lowest BCUT2D eigenvalue weighted by Gasteiger charge is -2.31. The molecule has 3 heterocycles. The smallest absolute Gasteiger partial charge is 0.251 e. The van der Waals surface area contributed by atoms with Gasteiger partial charge in [0.1, 0.15) is 6.10 Å². The Labute approximate surface area is 133 Å². The van der Waals surface area contributed by atoms with Gasteiger partial charge in [-0.1, -0.05) is 0 Å². The topological polar surface area (TPSA) is 89.0 Å². The van der Waals surface area contributed by atoms with Gasteiger partial charge in [0.25, 0.3) is 5.91 Å². The van der Waals surface area contributed by atoms with Crippen molar-refractivity contribution < 1.29 is 9.53 Å². The lowest BCUT2D eigenvalue weighted by molar-refractivity contribution is -0.00950. The van der Waals surface area contributed by atoms with E-state index in [4.69, 9.17) is 4.74 Å². The molecule has 0 spiro atoms. The van der Waals surface area contributed by atoms with E-state index in [9.17, 15) is 9.59 Å². The Morgan fingerprint density at radius 1 is 1.48 bits per heavy atom. The first-order valence-electron chi connectivity index (χ1n) is 7.65. The van der Waals surface area contributed by atoms with Gasteiger partial charge in [-0.2, -0.15) is 5.10 Å². The second-order valence-electron chi connectivity index (χ2n) is 5.88. The minimum absolute atomic E-state index is 0.139. The molecular formula is C16H20N4O3. The van der Waals surface area contributed by atoms with Crippen LogP contribution in [0.25, 0.3) is 0 Å². The minimum atomic E-state index is -0.279. The average Bonchev–Trinajstić information content (AvgIpc) is 2.93. The number of hydrogen-bond donors (Lipinski definition) is 2. The largest absolute Gasteiger partial charge is 0.371 e. The number of hydrogen-bond acceptors (Lipinski definition) is 4. The highest BCUT2D eigenvalue weighted by atomic mass is 16.5. The molecule has 7 nitrogen and oxygen atoms in total. The molecule has 1 amide bonds. The molecule has 1 aliphatic heterocycles. The standard InChI is InChI=1S/C16H20N4O3/c1-10-6-11(7-14(21)18-10)16(22)19-13-4-3-5-23-15(13)12-8-17-20(2)9-12/h6-9,13,15H,3-5H2,1-2H3,(H,18,21)(H,19,22)/t13-,15+/m0/s1. The molecule has 7 heteroatoms. The average molecular weight is 316 g/mol. The van der Waals surface area contributed by atoms with Crippen molar-refractivity contribution in [3.8, 4) is 0 Å². The van der Waals surface area contributed by atoms with Crippen LogP contribution in [0.1, 0.15) is 40.6 Å². The molecule has 2 N–H and O–H groups in total. The summed E-state index contributed by atoms with van der Waals surface area (Å²) in [5, 5.41) is 7.16. The molecule has 0 bridgehead atoms. The van der Waals surface area contributed by atoms with E-state index in [0.29, 0.717) is 17.9 Å². The van der Waals surface area contributed by atoms with Crippen molar-refractivity contribution >= 4 is 5.91 Å². The maximum absolute atomic E-state index is 12.5. The van der Waals surface area contributed by atoms with E-state index in [1.807, 2.05) is 13.2 Å². The van der Waals surface area contributed by atoms with Gasteiger partial charge in [0.05, 0.1) is 12.2 Å². The Morgan fingerprint density at radius 3 is 3.00 bits per heavy atom. The molecule has 1 aliphatic rings. The number of nitrogens with one attached hydrogen (secondary N) is 2. The molecule has 0 aliphatic carbocycles. The van der Waals surface area contributed by atoms with E-state index in [2.05, 4.69) is 15.4 Å². The summed E-state index contributed by atoms with van der Waals surface area (Å²) in [5.74, 6) is -0.261. The molecule has 1 saturated heterocycles. The van der Waals surface area contributed by atoms with Crippen LogP contribution in [-0.2, 0) is 11.8 Å². The van der Waals surface area contributed by atoms with Gasteiger partial charge in [-0.05, 0) is 25.8 Å². The van der Waals surface area contributed by atoms with Crippen molar-refractivity contribution in [2.24, 2.45) is 7.05 Å². The van der Waals surface area contributed by atoms with Crippen molar-refractivity contribution in [1.29, 1.82) is 0 Å². The summed E-state index contributed by atoms with van der Waals surface area (Å²) >= 11 is 0. The zero-order chi connectivity index (χ0) is 16.4. The quantitative estimate of drug-likeness (QED) is 0.886. The molecule has 1 fully saturated rings. The van der Waals surface area contributed by atoms with Crippen LogP contribution >= 0.6 is 0 Å². The van der Waals surface area contributed by atoms with E-state index in [-0.39, 0.29) is 23.6 Å². The second-order valence-corrected chi connectivity index (χ2v) is 5.88. The number of aromatic amines is 1. The summed E-state index contributed by atoms with van der Waals surface area (Å²) in [6.07, 6.45) is 5.15. The van der Waals surface area contributed by atoms with Gasteiger partial charge in [-0.3, -0.25) is 14.3 Å². The number of aryl methyl sites for hydroxylation is 2. The fourth-order valence-corrected chi connectivity index (χ4v) is 2.91. The molecule has 0 saturated carbocycles. The van der Waals surface area contributed by atoms with Crippen LogP contribution in [-0.4, -0.2) is 33.3 Å². The number of H-pyrrole nitrogens is 1. The number of rotatable bonds is 3. The Kier molecular flexibility index (Phi) is 4.29. The van der Waals surface area contributed by atoms with E-state index in [1.54, 1.807) is 23.9 Å². The van der Waals surface area contributed by atoms with E-state index in [1.165, 1.54) is 6.07 Å². The van der Waals surface area contributed by atoms with Crippen molar-refractivity contribution in [1.82, 2.24) is 20.1 Å². The second kappa shape index (κ2) is 6.37. The molecule has 2 aromatic rings.